The van der Waals surface area contributed by atoms with Crippen LogP contribution in [0, 0.1) is 11.2 Å². The topological polar surface area (TPSA) is 56.8 Å². The SMILES string of the molecule is COc1cc(C(=O)NC(c2ccc(F)cc2)C(C)(C)C)cc2c1OCCO2. The maximum absolute atomic E-state index is 13.3. The van der Waals surface area contributed by atoms with E-state index in [-0.39, 0.29) is 23.2 Å². The molecule has 0 saturated heterocycles. The van der Waals surface area contributed by atoms with Gasteiger partial charge in [-0.15, -0.1) is 0 Å². The maximum atomic E-state index is 13.3. The van der Waals surface area contributed by atoms with Crippen molar-refractivity contribution in [2.24, 2.45) is 5.41 Å². The number of carbonyl (C=O) groups is 1. The van der Waals surface area contributed by atoms with Crippen LogP contribution in [-0.2, 0) is 0 Å². The lowest BCUT2D eigenvalue weighted by Crippen LogP contribution is -2.36. The Morgan fingerprint density at radius 1 is 1.15 bits per heavy atom. The lowest BCUT2D eigenvalue weighted by atomic mass is 9.82. The number of carbonyl (C=O) groups excluding carboxylic acids is 1. The molecule has 0 spiro atoms. The molecule has 1 amide bonds. The maximum Gasteiger partial charge on any atom is 0.252 e. The van der Waals surface area contributed by atoms with E-state index in [2.05, 4.69) is 5.32 Å². The molecule has 144 valence electrons. The average Bonchev–Trinajstić information content (AvgIpc) is 2.65. The van der Waals surface area contributed by atoms with Gasteiger partial charge in [0.25, 0.3) is 5.91 Å². The Bertz CT molecular complexity index is 810. The van der Waals surface area contributed by atoms with Crippen molar-refractivity contribution >= 4 is 5.91 Å². The van der Waals surface area contributed by atoms with Crippen molar-refractivity contribution in [2.45, 2.75) is 26.8 Å². The van der Waals surface area contributed by atoms with Crippen molar-refractivity contribution in [3.8, 4) is 17.2 Å². The fraction of sp³-hybridized carbons (Fsp3) is 0.381. The molecule has 0 aliphatic carbocycles. The number of rotatable bonds is 4. The van der Waals surface area contributed by atoms with E-state index in [1.54, 1.807) is 24.3 Å². The largest absolute Gasteiger partial charge is 0.493 e. The van der Waals surface area contributed by atoms with Gasteiger partial charge < -0.3 is 19.5 Å². The van der Waals surface area contributed by atoms with E-state index < -0.39 is 0 Å². The molecule has 6 heteroatoms. The number of amides is 1. The Kier molecular flexibility index (Phi) is 5.26. The summed E-state index contributed by atoms with van der Waals surface area (Å²) in [7, 11) is 1.52. The zero-order chi connectivity index (χ0) is 19.6. The van der Waals surface area contributed by atoms with Crippen LogP contribution >= 0.6 is 0 Å². The second-order valence-corrected chi connectivity index (χ2v) is 7.53. The third-order valence-corrected chi connectivity index (χ3v) is 4.43. The molecule has 1 aliphatic heterocycles. The first-order chi connectivity index (χ1) is 12.8. The zero-order valence-electron chi connectivity index (χ0n) is 16.0. The predicted molar refractivity (Wildman–Crippen MR) is 100 cm³/mol. The number of hydrogen-bond donors (Lipinski definition) is 1. The van der Waals surface area contributed by atoms with Gasteiger partial charge in [-0.2, -0.15) is 0 Å². The Balaban J connectivity index is 1.91. The predicted octanol–water partition coefficient (Wildman–Crippen LogP) is 4.12. The molecule has 0 aromatic heterocycles. The summed E-state index contributed by atoms with van der Waals surface area (Å²) in [4.78, 5) is 13.0. The van der Waals surface area contributed by atoms with E-state index in [9.17, 15) is 9.18 Å². The van der Waals surface area contributed by atoms with Gasteiger partial charge in [-0.3, -0.25) is 4.79 Å². The third kappa shape index (κ3) is 4.15. The van der Waals surface area contributed by atoms with Crippen LogP contribution in [0.1, 0.15) is 42.7 Å². The summed E-state index contributed by atoms with van der Waals surface area (Å²) in [5.74, 6) is 0.862. The van der Waals surface area contributed by atoms with Crippen LogP contribution in [0.4, 0.5) is 4.39 Å². The summed E-state index contributed by atoms with van der Waals surface area (Å²) in [5, 5.41) is 3.05. The summed E-state index contributed by atoms with van der Waals surface area (Å²) in [6, 6.07) is 9.15. The van der Waals surface area contributed by atoms with Gasteiger partial charge in [0, 0.05) is 5.56 Å². The molecular formula is C21H24FNO4. The second kappa shape index (κ2) is 7.47. The van der Waals surface area contributed by atoms with E-state index in [4.69, 9.17) is 14.2 Å². The van der Waals surface area contributed by atoms with Gasteiger partial charge in [-0.25, -0.2) is 4.39 Å². The molecule has 0 radical (unpaired) electrons. The Labute approximate surface area is 158 Å². The summed E-state index contributed by atoms with van der Waals surface area (Å²) >= 11 is 0. The van der Waals surface area contributed by atoms with Gasteiger partial charge in [0.05, 0.1) is 13.2 Å². The highest BCUT2D eigenvalue weighted by atomic mass is 19.1. The Morgan fingerprint density at radius 2 is 1.81 bits per heavy atom. The Hall–Kier alpha value is -2.76. The minimum atomic E-state index is -0.311. The number of nitrogens with one attached hydrogen (secondary N) is 1. The van der Waals surface area contributed by atoms with E-state index in [1.807, 2.05) is 20.8 Å². The van der Waals surface area contributed by atoms with Crippen LogP contribution in [0.2, 0.25) is 0 Å². The number of halogens is 1. The summed E-state index contributed by atoms with van der Waals surface area (Å²) in [6.07, 6.45) is 0. The standard InChI is InChI=1S/C21H24FNO4/c1-21(2,3)19(13-5-7-15(22)8-6-13)23-20(24)14-11-16(25-4)18-17(12-14)26-9-10-27-18/h5-8,11-12,19H,9-10H2,1-4H3,(H,23,24). The van der Waals surface area contributed by atoms with Gasteiger partial charge in [0.1, 0.15) is 19.0 Å². The first-order valence-electron chi connectivity index (χ1n) is 8.83. The van der Waals surface area contributed by atoms with Gasteiger partial charge >= 0.3 is 0 Å². The smallest absolute Gasteiger partial charge is 0.252 e. The minimum absolute atomic E-state index is 0.269. The van der Waals surface area contributed by atoms with Crippen LogP contribution in [0.5, 0.6) is 17.2 Å². The van der Waals surface area contributed by atoms with Crippen LogP contribution in [-0.4, -0.2) is 26.2 Å². The lowest BCUT2D eigenvalue weighted by molar-refractivity contribution is 0.0900. The number of fused-ring (bicyclic) bond motifs is 1. The molecule has 1 heterocycles. The molecule has 1 unspecified atom stereocenters. The summed E-state index contributed by atoms with van der Waals surface area (Å²) in [5.41, 5.74) is 0.972. The molecular weight excluding hydrogens is 349 g/mol. The van der Waals surface area contributed by atoms with E-state index in [1.165, 1.54) is 19.2 Å². The molecule has 2 aromatic carbocycles. The number of benzene rings is 2. The monoisotopic (exact) mass is 373 g/mol. The van der Waals surface area contributed by atoms with Gasteiger partial charge in [-0.1, -0.05) is 32.9 Å². The minimum Gasteiger partial charge on any atom is -0.493 e. The Morgan fingerprint density at radius 3 is 2.44 bits per heavy atom. The fourth-order valence-electron chi connectivity index (χ4n) is 3.07. The molecule has 5 nitrogen and oxygen atoms in total. The van der Waals surface area contributed by atoms with Gasteiger partial charge in [-0.05, 0) is 35.2 Å². The molecule has 0 fully saturated rings. The van der Waals surface area contributed by atoms with Crippen molar-refractivity contribution in [3.05, 3.63) is 53.3 Å². The highest BCUT2D eigenvalue weighted by molar-refractivity contribution is 5.96. The van der Waals surface area contributed by atoms with Crippen LogP contribution in [0.15, 0.2) is 36.4 Å². The zero-order valence-corrected chi connectivity index (χ0v) is 16.0. The summed E-state index contributed by atoms with van der Waals surface area (Å²) in [6.45, 7) is 6.91. The quantitative estimate of drug-likeness (QED) is 0.876. The highest BCUT2D eigenvalue weighted by Gasteiger charge is 2.29. The number of ether oxygens (including phenoxy) is 3. The fourth-order valence-corrected chi connectivity index (χ4v) is 3.07. The van der Waals surface area contributed by atoms with Crippen molar-refractivity contribution in [2.75, 3.05) is 20.3 Å². The van der Waals surface area contributed by atoms with E-state index in [0.29, 0.717) is 36.0 Å². The van der Waals surface area contributed by atoms with Crippen LogP contribution < -0.4 is 19.5 Å². The first kappa shape index (κ1) is 19.0. The van der Waals surface area contributed by atoms with Crippen LogP contribution in [0.25, 0.3) is 0 Å². The highest BCUT2D eigenvalue weighted by Crippen LogP contribution is 2.41. The van der Waals surface area contributed by atoms with Crippen molar-refractivity contribution in [1.82, 2.24) is 5.32 Å². The first-order valence-corrected chi connectivity index (χ1v) is 8.83. The van der Waals surface area contributed by atoms with Crippen molar-refractivity contribution < 1.29 is 23.4 Å². The molecule has 2 aromatic rings. The second-order valence-electron chi connectivity index (χ2n) is 7.53. The molecule has 0 saturated carbocycles. The van der Waals surface area contributed by atoms with E-state index in [0.717, 1.165) is 5.56 Å². The van der Waals surface area contributed by atoms with Crippen molar-refractivity contribution in [1.29, 1.82) is 0 Å². The molecule has 1 N–H and O–H groups in total. The van der Waals surface area contributed by atoms with Gasteiger partial charge in [0.2, 0.25) is 5.75 Å². The average molecular weight is 373 g/mol. The number of hydrogen-bond acceptors (Lipinski definition) is 4. The normalized spacial score (nSPS) is 14.4. The lowest BCUT2D eigenvalue weighted by Gasteiger charge is -2.32. The molecule has 1 atom stereocenters. The molecule has 0 bridgehead atoms. The van der Waals surface area contributed by atoms with Crippen LogP contribution in [0.3, 0.4) is 0 Å². The number of methoxy groups -OCH3 is 1. The van der Waals surface area contributed by atoms with Gasteiger partial charge in [0.15, 0.2) is 11.5 Å². The van der Waals surface area contributed by atoms with Crippen molar-refractivity contribution in [3.63, 3.8) is 0 Å². The summed E-state index contributed by atoms with van der Waals surface area (Å²) < 4.78 is 29.8. The molecule has 3 rings (SSSR count). The third-order valence-electron chi connectivity index (χ3n) is 4.43. The molecule has 27 heavy (non-hydrogen) atoms. The molecule has 1 aliphatic rings. The van der Waals surface area contributed by atoms with E-state index >= 15 is 0 Å².